The number of para-hydroxylation sites is 2. The Labute approximate surface area is 166 Å². The number of benzene rings is 2. The summed E-state index contributed by atoms with van der Waals surface area (Å²) in [7, 11) is 0. The van der Waals surface area contributed by atoms with E-state index in [-0.39, 0.29) is 13.2 Å². The van der Waals surface area contributed by atoms with Gasteiger partial charge in [-0.25, -0.2) is 4.79 Å². The van der Waals surface area contributed by atoms with Gasteiger partial charge in [0, 0.05) is 0 Å². The van der Waals surface area contributed by atoms with Crippen molar-refractivity contribution < 1.29 is 28.8 Å². The molecule has 0 spiro atoms. The van der Waals surface area contributed by atoms with E-state index in [0.717, 1.165) is 0 Å². The molecule has 0 amide bonds. The molecule has 0 aliphatic heterocycles. The number of aliphatic hydroxyl groups is 1. The Bertz CT molecular complexity index is 682. The van der Waals surface area contributed by atoms with Gasteiger partial charge in [0.2, 0.25) is 0 Å². The lowest BCUT2D eigenvalue weighted by Crippen LogP contribution is -2.61. The smallest absolute Gasteiger partial charge is 0.395 e. The summed E-state index contributed by atoms with van der Waals surface area (Å²) >= 11 is 0. The van der Waals surface area contributed by atoms with Crippen molar-refractivity contribution in [3.8, 4) is 11.5 Å². The van der Waals surface area contributed by atoms with E-state index in [4.69, 9.17) is 18.9 Å². The van der Waals surface area contributed by atoms with Crippen LogP contribution >= 0.6 is 0 Å². The molecule has 0 aliphatic carbocycles. The lowest BCUT2D eigenvalue weighted by molar-refractivity contribution is -0.229. The monoisotopic (exact) mass is 388 g/mol. The fraction of sp³-hybridized carbons (Fsp3) is 0.409. The quantitative estimate of drug-likeness (QED) is 0.523. The van der Waals surface area contributed by atoms with E-state index >= 15 is 0 Å². The van der Waals surface area contributed by atoms with E-state index in [2.05, 4.69) is 0 Å². The van der Waals surface area contributed by atoms with Gasteiger partial charge < -0.3 is 24.1 Å². The molecule has 2 rings (SSSR count). The van der Waals surface area contributed by atoms with Gasteiger partial charge in [-0.2, -0.15) is 0 Å². The molecule has 0 bridgehead atoms. The van der Waals surface area contributed by atoms with Crippen LogP contribution in [-0.4, -0.2) is 41.8 Å². The summed E-state index contributed by atoms with van der Waals surface area (Å²) in [5.74, 6) is -2.28. The molecule has 0 saturated carbocycles. The number of carbonyl (C=O) groups excluding carboxylic acids is 1. The van der Waals surface area contributed by atoms with Crippen LogP contribution in [0.15, 0.2) is 60.7 Å². The van der Waals surface area contributed by atoms with Gasteiger partial charge in [-0.3, -0.25) is 0 Å². The zero-order valence-electron chi connectivity index (χ0n) is 16.8. The molecule has 28 heavy (non-hydrogen) atoms. The first-order chi connectivity index (χ1) is 13.3. The minimum Gasteiger partial charge on any atom is -0.460 e. The molecular formula is C22H28O6. The molecule has 1 atom stereocenters. The third kappa shape index (κ3) is 5.97. The maximum absolute atomic E-state index is 13.0. The van der Waals surface area contributed by atoms with Crippen molar-refractivity contribution >= 4 is 5.97 Å². The Hall–Kier alpha value is -2.57. The molecule has 0 saturated heterocycles. The molecule has 2 aromatic carbocycles. The third-order valence-electron chi connectivity index (χ3n) is 3.70. The van der Waals surface area contributed by atoms with Crippen molar-refractivity contribution in [2.24, 2.45) is 0 Å². The van der Waals surface area contributed by atoms with Crippen LogP contribution in [0.3, 0.4) is 0 Å². The summed E-state index contributed by atoms with van der Waals surface area (Å²) in [6, 6.07) is 17.3. The fourth-order valence-corrected chi connectivity index (χ4v) is 2.37. The van der Waals surface area contributed by atoms with E-state index in [1.807, 2.05) is 32.9 Å². The summed E-state index contributed by atoms with van der Waals surface area (Å²) in [5, 5.41) is 11.0. The van der Waals surface area contributed by atoms with Crippen LogP contribution in [0.5, 0.6) is 11.5 Å². The highest BCUT2D eigenvalue weighted by Crippen LogP contribution is 2.28. The molecule has 0 aromatic heterocycles. The van der Waals surface area contributed by atoms with Gasteiger partial charge in [0.25, 0.3) is 0 Å². The van der Waals surface area contributed by atoms with Gasteiger partial charge in [-0.1, -0.05) is 36.4 Å². The Kier molecular flexibility index (Phi) is 7.43. The second-order valence-corrected chi connectivity index (χ2v) is 7.16. The molecule has 0 fully saturated rings. The zero-order valence-corrected chi connectivity index (χ0v) is 16.8. The van der Waals surface area contributed by atoms with Gasteiger partial charge in [0.05, 0.1) is 18.8 Å². The minimum atomic E-state index is -2.13. The Morgan fingerprint density at radius 3 is 1.79 bits per heavy atom. The van der Waals surface area contributed by atoms with Crippen molar-refractivity contribution in [1.29, 1.82) is 0 Å². The van der Waals surface area contributed by atoms with Crippen molar-refractivity contribution in [3.05, 3.63) is 60.7 Å². The minimum absolute atomic E-state index is 0.101. The number of aliphatic hydroxyl groups excluding tert-OH is 1. The van der Waals surface area contributed by atoms with Crippen molar-refractivity contribution in [3.63, 3.8) is 0 Å². The summed E-state index contributed by atoms with van der Waals surface area (Å²) < 4.78 is 22.7. The first-order valence-corrected chi connectivity index (χ1v) is 9.24. The predicted octanol–water partition coefficient (Wildman–Crippen LogP) is 3.58. The van der Waals surface area contributed by atoms with Crippen LogP contribution in [0.4, 0.5) is 0 Å². The third-order valence-corrected chi connectivity index (χ3v) is 3.70. The van der Waals surface area contributed by atoms with Crippen LogP contribution in [-0.2, 0) is 14.3 Å². The standard InChI is InChI=1S/C22H28O6/c1-5-25-20(24)22(19(23)16-26-21(2,3)4,27-17-12-8-6-9-13-17)28-18-14-10-7-11-15-18/h6-15,19,23H,5,16H2,1-4H3. The highest BCUT2D eigenvalue weighted by molar-refractivity contribution is 5.79. The molecule has 6 heteroatoms. The summed E-state index contributed by atoms with van der Waals surface area (Å²) in [6.45, 7) is 7.13. The number of carbonyl (C=O) groups is 1. The molecule has 0 aliphatic rings. The highest BCUT2D eigenvalue weighted by Gasteiger charge is 2.53. The van der Waals surface area contributed by atoms with Crippen LogP contribution in [0.25, 0.3) is 0 Å². The highest BCUT2D eigenvalue weighted by atomic mass is 16.7. The normalized spacial score (nSPS) is 12.9. The van der Waals surface area contributed by atoms with Crippen LogP contribution < -0.4 is 9.47 Å². The fourth-order valence-electron chi connectivity index (χ4n) is 2.37. The Morgan fingerprint density at radius 2 is 1.39 bits per heavy atom. The average molecular weight is 388 g/mol. The molecule has 6 nitrogen and oxygen atoms in total. The molecule has 0 radical (unpaired) electrons. The topological polar surface area (TPSA) is 74.2 Å². The summed E-state index contributed by atoms with van der Waals surface area (Å²) in [6.07, 6.45) is -1.45. The SMILES string of the molecule is CCOC(=O)C(Oc1ccccc1)(Oc1ccccc1)C(O)COC(C)(C)C. The predicted molar refractivity (Wildman–Crippen MR) is 105 cm³/mol. The first-order valence-electron chi connectivity index (χ1n) is 9.24. The number of ether oxygens (including phenoxy) is 4. The lowest BCUT2D eigenvalue weighted by atomic mass is 10.1. The van der Waals surface area contributed by atoms with Crippen LogP contribution in [0, 0.1) is 0 Å². The van der Waals surface area contributed by atoms with Crippen LogP contribution in [0.1, 0.15) is 27.7 Å². The second-order valence-electron chi connectivity index (χ2n) is 7.16. The van der Waals surface area contributed by atoms with Crippen LogP contribution in [0.2, 0.25) is 0 Å². The number of hydrogen-bond acceptors (Lipinski definition) is 6. The molecule has 2 aromatic rings. The maximum atomic E-state index is 13.0. The molecule has 1 N–H and O–H groups in total. The first kappa shape index (κ1) is 21.7. The number of rotatable bonds is 9. The zero-order chi connectivity index (χ0) is 20.6. The number of hydrogen-bond donors (Lipinski definition) is 1. The van der Waals surface area contributed by atoms with Gasteiger partial charge in [0.15, 0.2) is 6.10 Å². The largest absolute Gasteiger partial charge is 0.460 e. The Balaban J connectivity index is 2.44. The van der Waals surface area contributed by atoms with E-state index in [0.29, 0.717) is 11.5 Å². The number of esters is 1. The van der Waals surface area contributed by atoms with Gasteiger partial charge in [0.1, 0.15) is 11.5 Å². The van der Waals surface area contributed by atoms with Gasteiger partial charge in [-0.05, 0) is 52.0 Å². The molecule has 1 unspecified atom stereocenters. The van der Waals surface area contributed by atoms with Crippen molar-refractivity contribution in [2.45, 2.75) is 45.2 Å². The molecular weight excluding hydrogens is 360 g/mol. The average Bonchev–Trinajstić information content (AvgIpc) is 2.66. The van der Waals surface area contributed by atoms with E-state index in [1.165, 1.54) is 0 Å². The van der Waals surface area contributed by atoms with E-state index in [1.54, 1.807) is 55.5 Å². The lowest BCUT2D eigenvalue weighted by Gasteiger charge is -2.36. The summed E-state index contributed by atoms with van der Waals surface area (Å²) in [5.41, 5.74) is -0.527. The molecule has 152 valence electrons. The second kappa shape index (κ2) is 9.57. The Morgan fingerprint density at radius 1 is 0.929 bits per heavy atom. The van der Waals surface area contributed by atoms with Gasteiger partial charge >= 0.3 is 11.8 Å². The van der Waals surface area contributed by atoms with Crippen molar-refractivity contribution in [1.82, 2.24) is 0 Å². The van der Waals surface area contributed by atoms with Crippen molar-refractivity contribution in [2.75, 3.05) is 13.2 Å². The maximum Gasteiger partial charge on any atom is 0.395 e. The molecule has 0 heterocycles. The summed E-state index contributed by atoms with van der Waals surface area (Å²) in [4.78, 5) is 13.0. The van der Waals surface area contributed by atoms with E-state index < -0.39 is 23.5 Å². The van der Waals surface area contributed by atoms with E-state index in [9.17, 15) is 9.90 Å². The van der Waals surface area contributed by atoms with Gasteiger partial charge in [-0.15, -0.1) is 0 Å².